The second-order valence-corrected chi connectivity index (χ2v) is 4.28. The first-order valence-electron chi connectivity index (χ1n) is 5.68. The van der Waals surface area contributed by atoms with Crippen molar-refractivity contribution in [2.75, 3.05) is 19.8 Å². The first-order valence-corrected chi connectivity index (χ1v) is 5.68. The van der Waals surface area contributed by atoms with Crippen LogP contribution >= 0.6 is 0 Å². The maximum atomic E-state index is 13.2. The van der Waals surface area contributed by atoms with Crippen LogP contribution in [0.3, 0.4) is 0 Å². The van der Waals surface area contributed by atoms with Gasteiger partial charge in [0.1, 0.15) is 0 Å². The van der Waals surface area contributed by atoms with Crippen LogP contribution in [-0.4, -0.2) is 25.9 Å². The van der Waals surface area contributed by atoms with Gasteiger partial charge in [0.25, 0.3) is 0 Å². The number of ether oxygens (including phenoxy) is 1. The average molecular weight is 281 g/mol. The maximum Gasteiger partial charge on any atom is 0.458 e. The van der Waals surface area contributed by atoms with Gasteiger partial charge in [0, 0.05) is 12.1 Å². The summed E-state index contributed by atoms with van der Waals surface area (Å²) in [4.78, 5) is 0. The van der Waals surface area contributed by atoms with Gasteiger partial charge in [0.15, 0.2) is 0 Å². The van der Waals surface area contributed by atoms with E-state index in [4.69, 9.17) is 4.74 Å². The number of alkyl halides is 5. The Labute approximate surface area is 106 Å². The highest BCUT2D eigenvalue weighted by molar-refractivity contribution is 5.30. The summed E-state index contributed by atoms with van der Waals surface area (Å²) in [5.41, 5.74) is -0.689. The smallest absolute Gasteiger partial charge is 0.378 e. The first kappa shape index (κ1) is 14.2. The van der Waals surface area contributed by atoms with Crippen molar-refractivity contribution in [1.82, 2.24) is 5.32 Å². The summed E-state index contributed by atoms with van der Waals surface area (Å²) in [6, 6.07) is 3.99. The monoisotopic (exact) mass is 281 g/mol. The van der Waals surface area contributed by atoms with Crippen LogP contribution in [0.2, 0.25) is 0 Å². The molecule has 1 aromatic rings. The Hall–Kier alpha value is -1.21. The predicted octanol–water partition coefficient (Wildman–Crippen LogP) is 3.00. The molecule has 1 saturated heterocycles. The molecule has 0 spiro atoms. The van der Waals surface area contributed by atoms with Crippen LogP contribution in [0.4, 0.5) is 22.0 Å². The highest BCUT2D eigenvalue weighted by Gasteiger charge is 2.58. The zero-order valence-electron chi connectivity index (χ0n) is 9.81. The molecule has 1 aliphatic rings. The Morgan fingerprint density at radius 3 is 2.47 bits per heavy atom. The minimum absolute atomic E-state index is 0.251. The topological polar surface area (TPSA) is 21.3 Å². The number of morpholine rings is 1. The van der Waals surface area contributed by atoms with Crippen LogP contribution in [0.15, 0.2) is 24.3 Å². The van der Waals surface area contributed by atoms with E-state index >= 15 is 0 Å². The van der Waals surface area contributed by atoms with E-state index in [0.29, 0.717) is 18.7 Å². The number of hydrogen-bond acceptors (Lipinski definition) is 2. The molecule has 1 N–H and O–H groups in total. The van der Waals surface area contributed by atoms with E-state index in [0.717, 1.165) is 12.1 Å². The third kappa shape index (κ3) is 2.87. The molecule has 19 heavy (non-hydrogen) atoms. The van der Waals surface area contributed by atoms with Crippen molar-refractivity contribution in [1.29, 1.82) is 0 Å². The zero-order chi connectivity index (χ0) is 14.1. The van der Waals surface area contributed by atoms with Gasteiger partial charge < -0.3 is 10.1 Å². The maximum absolute atomic E-state index is 13.2. The van der Waals surface area contributed by atoms with Gasteiger partial charge in [-0.25, -0.2) is 0 Å². The molecule has 1 aromatic carbocycles. The van der Waals surface area contributed by atoms with E-state index in [-0.39, 0.29) is 12.6 Å². The summed E-state index contributed by atoms with van der Waals surface area (Å²) in [6.07, 6.45) is -5.60. The van der Waals surface area contributed by atoms with Gasteiger partial charge >= 0.3 is 12.1 Å². The van der Waals surface area contributed by atoms with Gasteiger partial charge in [-0.05, 0) is 11.6 Å². The fraction of sp³-hybridized carbons (Fsp3) is 0.500. The third-order valence-electron chi connectivity index (χ3n) is 2.93. The van der Waals surface area contributed by atoms with E-state index in [1.54, 1.807) is 0 Å². The van der Waals surface area contributed by atoms with Crippen LogP contribution in [0.1, 0.15) is 17.2 Å². The fourth-order valence-corrected chi connectivity index (χ4v) is 1.89. The Morgan fingerprint density at radius 1 is 1.16 bits per heavy atom. The molecule has 7 heteroatoms. The first-order chi connectivity index (χ1) is 8.82. The molecule has 0 bridgehead atoms. The summed E-state index contributed by atoms with van der Waals surface area (Å²) in [7, 11) is 0. The number of nitrogens with one attached hydrogen (secondary N) is 1. The summed E-state index contributed by atoms with van der Waals surface area (Å²) in [5.74, 6) is -4.85. The highest BCUT2D eigenvalue weighted by atomic mass is 19.4. The Kier molecular flexibility index (Phi) is 3.78. The molecular formula is C12H12F5NO. The highest BCUT2D eigenvalue weighted by Crippen LogP contribution is 2.44. The lowest BCUT2D eigenvalue weighted by molar-refractivity contribution is -0.289. The summed E-state index contributed by atoms with van der Waals surface area (Å²) >= 11 is 0. The van der Waals surface area contributed by atoms with Crippen molar-refractivity contribution in [3.05, 3.63) is 35.4 Å². The quantitative estimate of drug-likeness (QED) is 0.841. The normalized spacial score (nSPS) is 21.4. The van der Waals surface area contributed by atoms with Crippen LogP contribution < -0.4 is 5.32 Å². The van der Waals surface area contributed by atoms with E-state index in [9.17, 15) is 22.0 Å². The van der Waals surface area contributed by atoms with E-state index < -0.39 is 17.7 Å². The van der Waals surface area contributed by atoms with E-state index in [1.807, 2.05) is 0 Å². The van der Waals surface area contributed by atoms with Crippen molar-refractivity contribution in [2.24, 2.45) is 0 Å². The van der Waals surface area contributed by atoms with Crippen molar-refractivity contribution in [3.63, 3.8) is 0 Å². The molecule has 0 aliphatic carbocycles. The van der Waals surface area contributed by atoms with E-state index in [2.05, 4.69) is 5.32 Å². The van der Waals surface area contributed by atoms with Gasteiger partial charge in [0.05, 0.1) is 19.3 Å². The second kappa shape index (κ2) is 5.05. The van der Waals surface area contributed by atoms with Crippen LogP contribution in [0.25, 0.3) is 0 Å². The van der Waals surface area contributed by atoms with Crippen LogP contribution in [-0.2, 0) is 10.7 Å². The summed E-state index contributed by atoms with van der Waals surface area (Å²) in [5, 5.41) is 3.00. The Bertz CT molecular complexity index is 440. The van der Waals surface area contributed by atoms with Crippen molar-refractivity contribution in [3.8, 4) is 0 Å². The fourth-order valence-electron chi connectivity index (χ4n) is 1.89. The molecule has 0 radical (unpaired) electrons. The van der Waals surface area contributed by atoms with Crippen molar-refractivity contribution in [2.45, 2.75) is 18.1 Å². The predicted molar refractivity (Wildman–Crippen MR) is 58.0 cm³/mol. The van der Waals surface area contributed by atoms with Crippen molar-refractivity contribution < 1.29 is 26.7 Å². The lowest BCUT2D eigenvalue weighted by Crippen LogP contribution is -2.36. The second-order valence-electron chi connectivity index (χ2n) is 4.28. The molecule has 1 atom stereocenters. The lowest BCUT2D eigenvalue weighted by atomic mass is 10.00. The van der Waals surface area contributed by atoms with Gasteiger partial charge in [0.2, 0.25) is 0 Å². The number of hydrogen-bond donors (Lipinski definition) is 1. The number of rotatable bonds is 2. The molecular weight excluding hydrogens is 269 g/mol. The average Bonchev–Trinajstić information content (AvgIpc) is 2.39. The molecule has 1 aliphatic heterocycles. The van der Waals surface area contributed by atoms with Gasteiger partial charge in [-0.3, -0.25) is 0 Å². The summed E-state index contributed by atoms with van der Waals surface area (Å²) in [6.45, 7) is 1.28. The van der Waals surface area contributed by atoms with Crippen LogP contribution in [0, 0.1) is 0 Å². The number of halogens is 5. The molecule has 0 saturated carbocycles. The van der Waals surface area contributed by atoms with Gasteiger partial charge in [-0.1, -0.05) is 18.2 Å². The molecule has 2 rings (SSSR count). The summed E-state index contributed by atoms with van der Waals surface area (Å²) < 4.78 is 68.5. The standard InChI is InChI=1S/C12H12F5NO/c13-11(14,12(15,16)17)9-3-1-2-8(6-9)10-7-19-5-4-18-10/h1-3,6,10,18H,4-5,7H2. The minimum Gasteiger partial charge on any atom is -0.378 e. The molecule has 1 fully saturated rings. The molecule has 1 heterocycles. The zero-order valence-corrected chi connectivity index (χ0v) is 9.81. The molecule has 0 aromatic heterocycles. The number of benzene rings is 1. The van der Waals surface area contributed by atoms with Crippen LogP contribution in [0.5, 0.6) is 0 Å². The lowest BCUT2D eigenvalue weighted by Gasteiger charge is -2.26. The van der Waals surface area contributed by atoms with Gasteiger partial charge in [-0.2, -0.15) is 22.0 Å². The largest absolute Gasteiger partial charge is 0.458 e. The third-order valence-corrected chi connectivity index (χ3v) is 2.93. The Balaban J connectivity index is 2.28. The molecule has 106 valence electrons. The molecule has 2 nitrogen and oxygen atoms in total. The Morgan fingerprint density at radius 2 is 1.89 bits per heavy atom. The molecule has 1 unspecified atom stereocenters. The minimum atomic E-state index is -5.60. The van der Waals surface area contributed by atoms with E-state index in [1.165, 1.54) is 12.1 Å². The van der Waals surface area contributed by atoms with Gasteiger partial charge in [-0.15, -0.1) is 0 Å². The molecule has 0 amide bonds. The SMILES string of the molecule is FC(F)(F)C(F)(F)c1cccc(C2COCCN2)c1. The van der Waals surface area contributed by atoms with Crippen molar-refractivity contribution >= 4 is 0 Å².